The SMILES string of the molecule is CC(CNCC(=O)O)CN1CCCC1. The summed E-state index contributed by atoms with van der Waals surface area (Å²) in [5, 5.41) is 11.4. The third-order valence-corrected chi connectivity index (χ3v) is 2.54. The Labute approximate surface area is 85.3 Å². The summed E-state index contributed by atoms with van der Waals surface area (Å²) in [5.41, 5.74) is 0. The van der Waals surface area contributed by atoms with Crippen LogP contribution in [0.4, 0.5) is 0 Å². The molecule has 1 heterocycles. The van der Waals surface area contributed by atoms with Crippen molar-refractivity contribution >= 4 is 5.97 Å². The van der Waals surface area contributed by atoms with Crippen LogP contribution in [0, 0.1) is 5.92 Å². The summed E-state index contributed by atoms with van der Waals surface area (Å²) < 4.78 is 0. The molecule has 1 rings (SSSR count). The number of carboxylic acid groups (broad SMARTS) is 1. The van der Waals surface area contributed by atoms with Gasteiger partial charge in [0.15, 0.2) is 0 Å². The van der Waals surface area contributed by atoms with Crippen molar-refractivity contribution in [3.05, 3.63) is 0 Å². The summed E-state index contributed by atoms with van der Waals surface area (Å²) >= 11 is 0. The zero-order valence-corrected chi connectivity index (χ0v) is 8.83. The van der Waals surface area contributed by atoms with E-state index in [1.807, 2.05) is 0 Å². The van der Waals surface area contributed by atoms with Crippen LogP contribution in [0.15, 0.2) is 0 Å². The van der Waals surface area contributed by atoms with E-state index in [1.54, 1.807) is 0 Å². The van der Waals surface area contributed by atoms with E-state index in [9.17, 15) is 4.79 Å². The molecule has 82 valence electrons. The summed E-state index contributed by atoms with van der Waals surface area (Å²) in [5.74, 6) is -0.245. The normalized spacial score (nSPS) is 19.8. The molecule has 1 atom stereocenters. The highest BCUT2D eigenvalue weighted by Gasteiger charge is 2.14. The monoisotopic (exact) mass is 200 g/mol. The van der Waals surface area contributed by atoms with Crippen molar-refractivity contribution in [2.75, 3.05) is 32.7 Å². The van der Waals surface area contributed by atoms with Crippen LogP contribution < -0.4 is 5.32 Å². The first-order valence-electron chi connectivity index (χ1n) is 5.33. The molecule has 0 saturated carbocycles. The van der Waals surface area contributed by atoms with Crippen molar-refractivity contribution in [2.24, 2.45) is 5.92 Å². The Kier molecular flexibility index (Phi) is 4.90. The van der Waals surface area contributed by atoms with Gasteiger partial charge in [0.1, 0.15) is 0 Å². The molecule has 1 aliphatic rings. The zero-order chi connectivity index (χ0) is 10.4. The van der Waals surface area contributed by atoms with Gasteiger partial charge in [-0.15, -0.1) is 0 Å². The van der Waals surface area contributed by atoms with E-state index in [-0.39, 0.29) is 6.54 Å². The Hall–Kier alpha value is -0.610. The molecule has 0 amide bonds. The van der Waals surface area contributed by atoms with Gasteiger partial charge >= 0.3 is 5.97 Å². The first-order chi connectivity index (χ1) is 6.68. The Morgan fingerprint density at radius 2 is 2.14 bits per heavy atom. The lowest BCUT2D eigenvalue weighted by Crippen LogP contribution is -2.33. The van der Waals surface area contributed by atoms with Crippen LogP contribution >= 0.6 is 0 Å². The molecular formula is C10H20N2O2. The topological polar surface area (TPSA) is 52.6 Å². The fourth-order valence-electron chi connectivity index (χ4n) is 1.90. The lowest BCUT2D eigenvalue weighted by Gasteiger charge is -2.20. The number of aliphatic carboxylic acids is 1. The maximum Gasteiger partial charge on any atom is 0.317 e. The summed E-state index contributed by atoms with van der Waals surface area (Å²) in [6.45, 7) is 6.54. The number of likely N-dealkylation sites (tertiary alicyclic amines) is 1. The van der Waals surface area contributed by atoms with Crippen LogP contribution in [0.5, 0.6) is 0 Å². The molecule has 4 nitrogen and oxygen atoms in total. The van der Waals surface area contributed by atoms with Gasteiger partial charge in [0, 0.05) is 6.54 Å². The molecule has 0 aliphatic carbocycles. The lowest BCUT2D eigenvalue weighted by atomic mass is 10.1. The van der Waals surface area contributed by atoms with Crippen molar-refractivity contribution in [2.45, 2.75) is 19.8 Å². The molecule has 0 aromatic heterocycles. The van der Waals surface area contributed by atoms with Gasteiger partial charge in [-0.05, 0) is 38.4 Å². The predicted octanol–water partition coefficient (Wildman–Crippen LogP) is 0.393. The van der Waals surface area contributed by atoms with Crippen molar-refractivity contribution in [1.29, 1.82) is 0 Å². The molecule has 0 aromatic carbocycles. The number of nitrogens with zero attached hydrogens (tertiary/aromatic N) is 1. The molecule has 0 radical (unpaired) electrons. The fourth-order valence-corrected chi connectivity index (χ4v) is 1.90. The highest BCUT2D eigenvalue weighted by Crippen LogP contribution is 2.09. The van der Waals surface area contributed by atoms with Crippen LogP contribution in [-0.4, -0.2) is 48.7 Å². The number of carbonyl (C=O) groups is 1. The van der Waals surface area contributed by atoms with E-state index in [2.05, 4.69) is 17.1 Å². The molecule has 1 fully saturated rings. The highest BCUT2D eigenvalue weighted by molar-refractivity contribution is 5.68. The Balaban J connectivity index is 2.03. The standard InChI is InChI=1S/C10H20N2O2/c1-9(6-11-7-10(13)14)8-12-4-2-3-5-12/h9,11H,2-8H2,1H3,(H,13,14). The van der Waals surface area contributed by atoms with Gasteiger partial charge in [0.25, 0.3) is 0 Å². The maximum absolute atomic E-state index is 10.3. The van der Waals surface area contributed by atoms with E-state index in [0.29, 0.717) is 5.92 Å². The molecule has 4 heteroatoms. The van der Waals surface area contributed by atoms with Crippen molar-refractivity contribution in [1.82, 2.24) is 10.2 Å². The van der Waals surface area contributed by atoms with E-state index >= 15 is 0 Å². The zero-order valence-electron chi connectivity index (χ0n) is 8.83. The van der Waals surface area contributed by atoms with Crippen molar-refractivity contribution in [3.63, 3.8) is 0 Å². The second-order valence-corrected chi connectivity index (χ2v) is 4.14. The third kappa shape index (κ3) is 4.58. The van der Waals surface area contributed by atoms with Crippen molar-refractivity contribution < 1.29 is 9.90 Å². The first-order valence-corrected chi connectivity index (χ1v) is 5.33. The first kappa shape index (κ1) is 11.5. The largest absolute Gasteiger partial charge is 0.480 e. The van der Waals surface area contributed by atoms with E-state index in [1.165, 1.54) is 25.9 Å². The lowest BCUT2D eigenvalue weighted by molar-refractivity contribution is -0.135. The van der Waals surface area contributed by atoms with Crippen LogP contribution in [0.3, 0.4) is 0 Å². The molecular weight excluding hydrogens is 180 g/mol. The summed E-state index contributed by atoms with van der Waals surface area (Å²) in [6.07, 6.45) is 2.63. The minimum atomic E-state index is -0.779. The second-order valence-electron chi connectivity index (χ2n) is 4.14. The van der Waals surface area contributed by atoms with Crippen LogP contribution in [0.1, 0.15) is 19.8 Å². The number of hydrogen-bond acceptors (Lipinski definition) is 3. The number of nitrogens with one attached hydrogen (secondary N) is 1. The molecule has 0 spiro atoms. The van der Waals surface area contributed by atoms with Gasteiger partial charge in [-0.25, -0.2) is 0 Å². The molecule has 0 bridgehead atoms. The van der Waals surface area contributed by atoms with Gasteiger partial charge < -0.3 is 15.3 Å². The Morgan fingerprint density at radius 1 is 1.50 bits per heavy atom. The van der Waals surface area contributed by atoms with Crippen LogP contribution in [0.2, 0.25) is 0 Å². The molecule has 1 aliphatic heterocycles. The molecule has 14 heavy (non-hydrogen) atoms. The Bertz CT molecular complexity index is 179. The number of carboxylic acids is 1. The van der Waals surface area contributed by atoms with Crippen LogP contribution in [0.25, 0.3) is 0 Å². The maximum atomic E-state index is 10.3. The van der Waals surface area contributed by atoms with Gasteiger partial charge in [0.05, 0.1) is 6.54 Å². The molecule has 1 saturated heterocycles. The highest BCUT2D eigenvalue weighted by atomic mass is 16.4. The van der Waals surface area contributed by atoms with Gasteiger partial charge in [-0.2, -0.15) is 0 Å². The minimum absolute atomic E-state index is 0.0737. The quantitative estimate of drug-likeness (QED) is 0.651. The van der Waals surface area contributed by atoms with E-state index < -0.39 is 5.97 Å². The molecule has 0 aromatic rings. The predicted molar refractivity (Wildman–Crippen MR) is 55.3 cm³/mol. The summed E-state index contributed by atoms with van der Waals surface area (Å²) in [4.78, 5) is 12.7. The minimum Gasteiger partial charge on any atom is -0.480 e. The molecule has 2 N–H and O–H groups in total. The van der Waals surface area contributed by atoms with Crippen molar-refractivity contribution in [3.8, 4) is 0 Å². The average Bonchev–Trinajstić information content (AvgIpc) is 2.56. The Morgan fingerprint density at radius 3 is 2.71 bits per heavy atom. The van der Waals surface area contributed by atoms with Crippen LogP contribution in [-0.2, 0) is 4.79 Å². The fraction of sp³-hybridized carbons (Fsp3) is 0.900. The summed E-state index contributed by atoms with van der Waals surface area (Å²) in [6, 6.07) is 0. The number of hydrogen-bond donors (Lipinski definition) is 2. The number of rotatable bonds is 6. The van der Waals surface area contributed by atoms with Gasteiger partial charge in [0.2, 0.25) is 0 Å². The van der Waals surface area contributed by atoms with Gasteiger partial charge in [-0.3, -0.25) is 4.79 Å². The second kappa shape index (κ2) is 5.98. The summed E-state index contributed by atoms with van der Waals surface area (Å²) in [7, 11) is 0. The third-order valence-electron chi connectivity index (χ3n) is 2.54. The average molecular weight is 200 g/mol. The smallest absolute Gasteiger partial charge is 0.317 e. The molecule has 1 unspecified atom stereocenters. The van der Waals surface area contributed by atoms with E-state index in [4.69, 9.17) is 5.11 Å². The van der Waals surface area contributed by atoms with Gasteiger partial charge in [-0.1, -0.05) is 6.92 Å². The van der Waals surface area contributed by atoms with E-state index in [0.717, 1.165) is 13.1 Å².